The van der Waals surface area contributed by atoms with E-state index in [1.807, 2.05) is 42.6 Å². The molecule has 0 spiro atoms. The summed E-state index contributed by atoms with van der Waals surface area (Å²) in [7, 11) is 0. The summed E-state index contributed by atoms with van der Waals surface area (Å²) in [6, 6.07) is 16.3. The summed E-state index contributed by atoms with van der Waals surface area (Å²) >= 11 is 0. The standard InChI is InChI=1S/C20H24N4O/c25-20(22-17-9-10-17)19(16-6-2-1-3-7-16)24-14-12-23(13-15-24)18-8-4-5-11-21-18/h1-8,11,17,19H,9-10,12-15H2,(H,22,25)/t19-/m0/s1. The molecule has 2 aliphatic rings. The molecule has 0 bridgehead atoms. The molecule has 2 fully saturated rings. The van der Waals surface area contributed by atoms with Crippen LogP contribution in [0.4, 0.5) is 5.82 Å². The van der Waals surface area contributed by atoms with Crippen LogP contribution in [0.25, 0.3) is 0 Å². The Labute approximate surface area is 148 Å². The fourth-order valence-corrected chi connectivity index (χ4v) is 3.42. The molecular weight excluding hydrogens is 312 g/mol. The lowest BCUT2D eigenvalue weighted by atomic mass is 10.0. The van der Waals surface area contributed by atoms with Crippen LogP contribution in [-0.4, -0.2) is 48.0 Å². The Morgan fingerprint density at radius 1 is 1.00 bits per heavy atom. The highest BCUT2D eigenvalue weighted by Crippen LogP contribution is 2.26. The third-order valence-corrected chi connectivity index (χ3v) is 4.94. The number of carbonyl (C=O) groups excluding carboxylic acids is 1. The van der Waals surface area contributed by atoms with Crippen molar-refractivity contribution >= 4 is 11.7 Å². The van der Waals surface area contributed by atoms with E-state index in [1.54, 1.807) is 0 Å². The van der Waals surface area contributed by atoms with Crippen LogP contribution in [-0.2, 0) is 4.79 Å². The van der Waals surface area contributed by atoms with E-state index >= 15 is 0 Å². The SMILES string of the molecule is O=C(NC1CC1)[C@H](c1ccccc1)N1CCN(c2ccccn2)CC1. The van der Waals surface area contributed by atoms with Crippen molar-refractivity contribution in [1.29, 1.82) is 0 Å². The lowest BCUT2D eigenvalue weighted by molar-refractivity contribution is -0.127. The van der Waals surface area contributed by atoms with Gasteiger partial charge in [0.1, 0.15) is 11.9 Å². The Kier molecular flexibility index (Phi) is 4.65. The zero-order chi connectivity index (χ0) is 17.1. The van der Waals surface area contributed by atoms with Gasteiger partial charge in [-0.1, -0.05) is 36.4 Å². The van der Waals surface area contributed by atoms with E-state index in [-0.39, 0.29) is 11.9 Å². The fourth-order valence-electron chi connectivity index (χ4n) is 3.42. The highest BCUT2D eigenvalue weighted by molar-refractivity contribution is 5.83. The minimum absolute atomic E-state index is 0.139. The maximum absolute atomic E-state index is 12.9. The molecular formula is C20H24N4O. The average Bonchev–Trinajstić information content (AvgIpc) is 3.48. The molecule has 2 heterocycles. The predicted octanol–water partition coefficient (Wildman–Crippen LogP) is 2.22. The number of benzene rings is 1. The van der Waals surface area contributed by atoms with Crippen molar-refractivity contribution in [2.45, 2.75) is 24.9 Å². The number of nitrogens with zero attached hydrogens (tertiary/aromatic N) is 3. The molecule has 130 valence electrons. The van der Waals surface area contributed by atoms with Crippen LogP contribution in [0.15, 0.2) is 54.7 Å². The van der Waals surface area contributed by atoms with E-state index in [0.717, 1.165) is 50.4 Å². The Balaban J connectivity index is 1.47. The molecule has 0 unspecified atom stereocenters. The lowest BCUT2D eigenvalue weighted by Crippen LogP contribution is -2.51. The number of carbonyl (C=O) groups is 1. The van der Waals surface area contributed by atoms with Crippen LogP contribution in [0.3, 0.4) is 0 Å². The molecule has 0 radical (unpaired) electrons. The number of pyridine rings is 1. The van der Waals surface area contributed by atoms with Gasteiger partial charge in [-0.05, 0) is 30.5 Å². The van der Waals surface area contributed by atoms with Gasteiger partial charge in [-0.3, -0.25) is 9.69 Å². The second kappa shape index (κ2) is 7.23. The molecule has 25 heavy (non-hydrogen) atoms. The van der Waals surface area contributed by atoms with Crippen LogP contribution in [0.1, 0.15) is 24.4 Å². The molecule has 1 aliphatic heterocycles. The van der Waals surface area contributed by atoms with Crippen LogP contribution in [0.2, 0.25) is 0 Å². The Morgan fingerprint density at radius 2 is 1.72 bits per heavy atom. The molecule has 4 rings (SSSR count). The first-order valence-electron chi connectivity index (χ1n) is 9.06. The summed E-state index contributed by atoms with van der Waals surface area (Å²) < 4.78 is 0. The van der Waals surface area contributed by atoms with Gasteiger partial charge in [-0.15, -0.1) is 0 Å². The van der Waals surface area contributed by atoms with Crippen molar-refractivity contribution < 1.29 is 4.79 Å². The maximum Gasteiger partial charge on any atom is 0.242 e. The number of rotatable bonds is 5. The number of hydrogen-bond donors (Lipinski definition) is 1. The molecule has 5 nitrogen and oxygen atoms in total. The third kappa shape index (κ3) is 3.82. The molecule has 1 atom stereocenters. The number of anilines is 1. The van der Waals surface area contributed by atoms with Crippen molar-refractivity contribution in [3.05, 3.63) is 60.3 Å². The Hall–Kier alpha value is -2.40. The number of amides is 1. The summed E-state index contributed by atoms with van der Waals surface area (Å²) in [6.45, 7) is 3.48. The lowest BCUT2D eigenvalue weighted by Gasteiger charge is -2.39. The van der Waals surface area contributed by atoms with Gasteiger partial charge in [-0.25, -0.2) is 4.98 Å². The normalized spacial score (nSPS) is 19.4. The summed E-state index contributed by atoms with van der Waals surface area (Å²) in [5.41, 5.74) is 1.08. The molecule has 1 aromatic carbocycles. The zero-order valence-electron chi connectivity index (χ0n) is 14.3. The third-order valence-electron chi connectivity index (χ3n) is 4.94. The van der Waals surface area contributed by atoms with E-state index in [4.69, 9.17) is 0 Å². The summed E-state index contributed by atoms with van der Waals surface area (Å²) in [5, 5.41) is 3.19. The summed E-state index contributed by atoms with van der Waals surface area (Å²) in [6.07, 6.45) is 4.05. The molecule has 1 aliphatic carbocycles. The summed E-state index contributed by atoms with van der Waals surface area (Å²) in [4.78, 5) is 21.9. The maximum atomic E-state index is 12.9. The van der Waals surface area contributed by atoms with Crippen molar-refractivity contribution in [2.75, 3.05) is 31.1 Å². The minimum Gasteiger partial charge on any atom is -0.354 e. The van der Waals surface area contributed by atoms with Crippen LogP contribution in [0, 0.1) is 0 Å². The van der Waals surface area contributed by atoms with Crippen molar-refractivity contribution in [2.24, 2.45) is 0 Å². The van der Waals surface area contributed by atoms with E-state index < -0.39 is 0 Å². The van der Waals surface area contributed by atoms with Crippen molar-refractivity contribution in [3.63, 3.8) is 0 Å². The van der Waals surface area contributed by atoms with Gasteiger partial charge in [0.05, 0.1) is 0 Å². The number of piperazine rings is 1. The van der Waals surface area contributed by atoms with Gasteiger partial charge in [0.15, 0.2) is 0 Å². The number of hydrogen-bond acceptors (Lipinski definition) is 4. The van der Waals surface area contributed by atoms with Gasteiger partial charge in [0, 0.05) is 38.4 Å². The largest absolute Gasteiger partial charge is 0.354 e. The summed E-state index contributed by atoms with van der Waals surface area (Å²) in [5.74, 6) is 1.15. The molecule has 5 heteroatoms. The highest BCUT2D eigenvalue weighted by atomic mass is 16.2. The smallest absolute Gasteiger partial charge is 0.242 e. The molecule has 2 aromatic rings. The monoisotopic (exact) mass is 336 g/mol. The van der Waals surface area contributed by atoms with Crippen molar-refractivity contribution in [3.8, 4) is 0 Å². The van der Waals surface area contributed by atoms with Crippen LogP contribution in [0.5, 0.6) is 0 Å². The first-order valence-corrected chi connectivity index (χ1v) is 9.06. The molecule has 1 amide bonds. The quantitative estimate of drug-likeness (QED) is 0.910. The van der Waals surface area contributed by atoms with E-state index in [0.29, 0.717) is 6.04 Å². The Bertz CT molecular complexity index is 694. The van der Waals surface area contributed by atoms with Gasteiger partial charge in [0.2, 0.25) is 5.91 Å². The Morgan fingerprint density at radius 3 is 2.36 bits per heavy atom. The number of nitrogens with one attached hydrogen (secondary N) is 1. The predicted molar refractivity (Wildman–Crippen MR) is 98.4 cm³/mol. The molecule has 1 N–H and O–H groups in total. The highest BCUT2D eigenvalue weighted by Gasteiger charge is 2.33. The van der Waals surface area contributed by atoms with Crippen LogP contribution < -0.4 is 10.2 Å². The van der Waals surface area contributed by atoms with Crippen molar-refractivity contribution in [1.82, 2.24) is 15.2 Å². The number of aromatic nitrogens is 1. The van der Waals surface area contributed by atoms with Gasteiger partial charge >= 0.3 is 0 Å². The first-order chi connectivity index (χ1) is 12.3. The molecule has 1 saturated carbocycles. The van der Waals surface area contributed by atoms with E-state index in [2.05, 4.69) is 32.2 Å². The second-order valence-electron chi connectivity index (χ2n) is 6.81. The zero-order valence-corrected chi connectivity index (χ0v) is 14.3. The average molecular weight is 336 g/mol. The molecule has 1 saturated heterocycles. The van der Waals surface area contributed by atoms with Gasteiger partial charge in [-0.2, -0.15) is 0 Å². The minimum atomic E-state index is -0.201. The van der Waals surface area contributed by atoms with Gasteiger partial charge in [0.25, 0.3) is 0 Å². The van der Waals surface area contributed by atoms with E-state index in [1.165, 1.54) is 0 Å². The van der Waals surface area contributed by atoms with E-state index in [9.17, 15) is 4.79 Å². The fraction of sp³-hybridized carbons (Fsp3) is 0.400. The topological polar surface area (TPSA) is 48.5 Å². The van der Waals surface area contributed by atoms with Gasteiger partial charge < -0.3 is 10.2 Å². The second-order valence-corrected chi connectivity index (χ2v) is 6.81. The molecule has 1 aromatic heterocycles. The van der Waals surface area contributed by atoms with Crippen LogP contribution >= 0.6 is 0 Å². The first kappa shape index (κ1) is 16.1.